The number of anilines is 2. The highest BCUT2D eigenvalue weighted by atomic mass is 16.5. The maximum absolute atomic E-state index is 5.49. The van der Waals surface area contributed by atoms with E-state index in [4.69, 9.17) is 14.9 Å². The molecular formula is C12H15N3O2. The summed E-state index contributed by atoms with van der Waals surface area (Å²) in [7, 11) is 3.50. The van der Waals surface area contributed by atoms with E-state index in [1.54, 1.807) is 13.4 Å². The van der Waals surface area contributed by atoms with Crippen LogP contribution in [-0.4, -0.2) is 19.1 Å². The highest BCUT2D eigenvalue weighted by Gasteiger charge is 2.13. The van der Waals surface area contributed by atoms with E-state index >= 15 is 0 Å². The Morgan fingerprint density at radius 3 is 2.82 bits per heavy atom. The summed E-state index contributed by atoms with van der Waals surface area (Å²) in [5.41, 5.74) is 7.11. The van der Waals surface area contributed by atoms with E-state index in [9.17, 15) is 0 Å². The van der Waals surface area contributed by atoms with Gasteiger partial charge in [-0.25, -0.2) is 0 Å². The van der Waals surface area contributed by atoms with Gasteiger partial charge in [0.1, 0.15) is 12.0 Å². The van der Waals surface area contributed by atoms with E-state index in [0.29, 0.717) is 12.6 Å². The van der Waals surface area contributed by atoms with Crippen molar-refractivity contribution in [3.05, 3.63) is 36.2 Å². The second-order valence-electron chi connectivity index (χ2n) is 3.56. The molecule has 5 nitrogen and oxygen atoms in total. The van der Waals surface area contributed by atoms with Crippen molar-refractivity contribution >= 4 is 11.7 Å². The molecular weight excluding hydrogens is 218 g/mol. The first-order valence-corrected chi connectivity index (χ1v) is 5.27. The zero-order valence-electron chi connectivity index (χ0n) is 9.88. The predicted octanol–water partition coefficient (Wildman–Crippen LogP) is 1.91. The number of nitrogens with two attached hydrogens (primary N) is 1. The molecule has 90 valence electrons. The summed E-state index contributed by atoms with van der Waals surface area (Å²) in [6.45, 7) is 0.364. The van der Waals surface area contributed by atoms with Gasteiger partial charge in [0.2, 0.25) is 0 Å². The molecule has 0 aliphatic heterocycles. The first-order valence-electron chi connectivity index (χ1n) is 5.27. The number of methoxy groups -OCH3 is 1. The zero-order valence-corrected chi connectivity index (χ0v) is 9.88. The van der Waals surface area contributed by atoms with Crippen molar-refractivity contribution < 1.29 is 9.15 Å². The number of hydrogen-bond donors (Lipinski definition) is 1. The zero-order chi connectivity index (χ0) is 12.3. The maximum Gasteiger partial charge on any atom is 0.301 e. The Hall–Kier alpha value is -2.01. The van der Waals surface area contributed by atoms with Crippen LogP contribution < -0.4 is 15.4 Å². The van der Waals surface area contributed by atoms with E-state index in [2.05, 4.69) is 4.98 Å². The van der Waals surface area contributed by atoms with Crippen LogP contribution in [0.15, 0.2) is 34.9 Å². The average molecular weight is 233 g/mol. The van der Waals surface area contributed by atoms with Crippen LogP contribution in [0.4, 0.5) is 11.7 Å². The molecule has 0 spiro atoms. The Balaban J connectivity index is 2.32. The number of benzene rings is 1. The van der Waals surface area contributed by atoms with Crippen LogP contribution in [0.1, 0.15) is 5.69 Å². The van der Waals surface area contributed by atoms with Crippen LogP contribution >= 0.6 is 0 Å². The second kappa shape index (κ2) is 4.88. The third kappa shape index (κ3) is 2.24. The molecule has 0 saturated heterocycles. The van der Waals surface area contributed by atoms with Gasteiger partial charge in [0.15, 0.2) is 0 Å². The molecule has 0 atom stereocenters. The number of nitrogens with zero attached hydrogens (tertiary/aromatic N) is 2. The fourth-order valence-corrected chi connectivity index (χ4v) is 1.55. The van der Waals surface area contributed by atoms with Gasteiger partial charge in [0, 0.05) is 13.6 Å². The summed E-state index contributed by atoms with van der Waals surface area (Å²) in [6, 6.07) is 8.16. The molecule has 0 bridgehead atoms. The highest BCUT2D eigenvalue weighted by molar-refractivity contribution is 5.63. The molecule has 5 heteroatoms. The van der Waals surface area contributed by atoms with Crippen LogP contribution in [-0.2, 0) is 6.54 Å². The lowest BCUT2D eigenvalue weighted by atomic mass is 10.3. The normalized spacial score (nSPS) is 10.3. The van der Waals surface area contributed by atoms with Crippen LogP contribution in [0.3, 0.4) is 0 Å². The predicted molar refractivity (Wildman–Crippen MR) is 65.5 cm³/mol. The molecule has 1 heterocycles. The van der Waals surface area contributed by atoms with Gasteiger partial charge in [-0.15, -0.1) is 0 Å². The highest BCUT2D eigenvalue weighted by Crippen LogP contribution is 2.31. The van der Waals surface area contributed by atoms with Gasteiger partial charge >= 0.3 is 6.01 Å². The van der Waals surface area contributed by atoms with E-state index in [1.807, 2.05) is 36.2 Å². The van der Waals surface area contributed by atoms with Crippen LogP contribution in [0, 0.1) is 0 Å². The van der Waals surface area contributed by atoms with Crippen molar-refractivity contribution in [2.45, 2.75) is 6.54 Å². The summed E-state index contributed by atoms with van der Waals surface area (Å²) in [5.74, 6) is 0.766. The standard InChI is InChI=1S/C12H15N3O2/c1-15(12-14-9(7-13)8-17-12)10-5-3-4-6-11(10)16-2/h3-6,8H,7,13H2,1-2H3. The van der Waals surface area contributed by atoms with Crippen molar-refractivity contribution in [3.63, 3.8) is 0 Å². The van der Waals surface area contributed by atoms with Gasteiger partial charge in [0.25, 0.3) is 0 Å². The summed E-state index contributed by atoms with van der Waals surface area (Å²) in [5, 5.41) is 0. The fourth-order valence-electron chi connectivity index (χ4n) is 1.55. The molecule has 2 N–H and O–H groups in total. The summed E-state index contributed by atoms with van der Waals surface area (Å²) in [6.07, 6.45) is 1.56. The molecule has 1 aromatic heterocycles. The minimum atomic E-state index is 0.364. The molecule has 1 aromatic carbocycles. The molecule has 2 aromatic rings. The smallest absolute Gasteiger partial charge is 0.301 e. The first-order chi connectivity index (χ1) is 8.26. The lowest BCUT2D eigenvalue weighted by Crippen LogP contribution is -2.11. The number of hydrogen-bond acceptors (Lipinski definition) is 5. The lowest BCUT2D eigenvalue weighted by molar-refractivity contribution is 0.415. The Bertz CT molecular complexity index is 496. The minimum Gasteiger partial charge on any atom is -0.495 e. The molecule has 0 unspecified atom stereocenters. The fraction of sp³-hybridized carbons (Fsp3) is 0.250. The minimum absolute atomic E-state index is 0.364. The lowest BCUT2D eigenvalue weighted by Gasteiger charge is -2.17. The van der Waals surface area contributed by atoms with Crippen molar-refractivity contribution in [3.8, 4) is 5.75 Å². The van der Waals surface area contributed by atoms with Gasteiger partial charge in [-0.3, -0.25) is 4.90 Å². The second-order valence-corrected chi connectivity index (χ2v) is 3.56. The Morgan fingerprint density at radius 2 is 2.18 bits per heavy atom. The molecule has 0 radical (unpaired) electrons. The summed E-state index contributed by atoms with van der Waals surface area (Å²) >= 11 is 0. The SMILES string of the molecule is COc1ccccc1N(C)c1nc(CN)co1. The third-order valence-electron chi connectivity index (χ3n) is 2.48. The van der Waals surface area contributed by atoms with Gasteiger partial charge in [-0.2, -0.15) is 4.98 Å². The Kier molecular flexibility index (Phi) is 3.30. The Labute approximate surface area is 99.8 Å². The number of rotatable bonds is 4. The van der Waals surface area contributed by atoms with E-state index < -0.39 is 0 Å². The van der Waals surface area contributed by atoms with Crippen LogP contribution in [0.25, 0.3) is 0 Å². The molecule has 17 heavy (non-hydrogen) atoms. The molecule has 2 rings (SSSR count). The maximum atomic E-state index is 5.49. The van der Waals surface area contributed by atoms with Crippen LogP contribution in [0.2, 0.25) is 0 Å². The number of oxazole rings is 1. The third-order valence-corrected chi connectivity index (χ3v) is 2.48. The van der Waals surface area contributed by atoms with Crippen molar-refractivity contribution in [1.29, 1.82) is 0 Å². The molecule has 0 amide bonds. The first kappa shape index (κ1) is 11.5. The summed E-state index contributed by atoms with van der Waals surface area (Å²) in [4.78, 5) is 6.08. The topological polar surface area (TPSA) is 64.5 Å². The largest absolute Gasteiger partial charge is 0.495 e. The van der Waals surface area contributed by atoms with Crippen LogP contribution in [0.5, 0.6) is 5.75 Å². The number of aromatic nitrogens is 1. The monoisotopic (exact) mass is 233 g/mol. The van der Waals surface area contributed by atoms with Gasteiger partial charge < -0.3 is 14.9 Å². The average Bonchev–Trinajstić information content (AvgIpc) is 2.86. The van der Waals surface area contributed by atoms with Crippen molar-refractivity contribution in [2.75, 3.05) is 19.1 Å². The molecule has 0 aliphatic carbocycles. The molecule has 0 saturated carbocycles. The van der Waals surface area contributed by atoms with Gasteiger partial charge in [-0.05, 0) is 12.1 Å². The number of ether oxygens (including phenoxy) is 1. The van der Waals surface area contributed by atoms with Gasteiger partial charge in [-0.1, -0.05) is 12.1 Å². The molecule has 0 aliphatic rings. The molecule has 0 fully saturated rings. The van der Waals surface area contributed by atoms with Gasteiger partial charge in [0.05, 0.1) is 18.5 Å². The Morgan fingerprint density at radius 1 is 1.41 bits per heavy atom. The summed E-state index contributed by atoms with van der Waals surface area (Å²) < 4.78 is 10.6. The van der Waals surface area contributed by atoms with Crippen molar-refractivity contribution in [1.82, 2.24) is 4.98 Å². The van der Waals surface area contributed by atoms with Crippen molar-refractivity contribution in [2.24, 2.45) is 5.73 Å². The van der Waals surface area contributed by atoms with E-state index in [1.165, 1.54) is 0 Å². The quantitative estimate of drug-likeness (QED) is 0.873. The number of para-hydroxylation sites is 2. The van der Waals surface area contributed by atoms with E-state index in [0.717, 1.165) is 17.1 Å². The van der Waals surface area contributed by atoms with E-state index in [-0.39, 0.29) is 0 Å².